The fraction of sp³-hybridized carbons (Fsp3) is 0.167. The standard InChI is InChI=1S/C18H13FN2O3S/c1-10-16-13(19)3-2-4-15(16)25-17(10)18(22)20-8-7-11-5-6-12(21(23)24)9-14(11)20/h2-6,9H,7-8H2,1H3. The molecule has 0 saturated carbocycles. The first-order valence-electron chi connectivity index (χ1n) is 7.74. The second-order valence-electron chi connectivity index (χ2n) is 5.95. The third kappa shape index (κ3) is 2.39. The normalized spacial score (nSPS) is 13.3. The Kier molecular flexibility index (Phi) is 3.54. The molecule has 3 aromatic rings. The van der Waals surface area contributed by atoms with E-state index in [9.17, 15) is 19.3 Å². The van der Waals surface area contributed by atoms with E-state index in [0.29, 0.717) is 34.5 Å². The van der Waals surface area contributed by atoms with E-state index in [4.69, 9.17) is 0 Å². The van der Waals surface area contributed by atoms with E-state index in [1.54, 1.807) is 30.0 Å². The zero-order chi connectivity index (χ0) is 17.7. The molecule has 0 saturated heterocycles. The lowest BCUT2D eigenvalue weighted by Crippen LogP contribution is -2.28. The summed E-state index contributed by atoms with van der Waals surface area (Å²) in [6.45, 7) is 2.20. The van der Waals surface area contributed by atoms with Gasteiger partial charge in [-0.05, 0) is 36.6 Å². The third-order valence-corrected chi connectivity index (χ3v) is 5.76. The largest absolute Gasteiger partial charge is 0.307 e. The topological polar surface area (TPSA) is 63.5 Å². The van der Waals surface area contributed by atoms with Crippen molar-refractivity contribution in [2.24, 2.45) is 0 Å². The summed E-state index contributed by atoms with van der Waals surface area (Å²) in [5.41, 5.74) is 2.04. The summed E-state index contributed by atoms with van der Waals surface area (Å²) in [7, 11) is 0. The number of nitrogens with zero attached hydrogens (tertiary/aromatic N) is 2. The number of rotatable bonds is 2. The maximum Gasteiger partial charge on any atom is 0.271 e. The lowest BCUT2D eigenvalue weighted by Gasteiger charge is -2.16. The summed E-state index contributed by atoms with van der Waals surface area (Å²) in [4.78, 5) is 25.6. The number of halogens is 1. The van der Waals surface area contributed by atoms with E-state index in [0.717, 1.165) is 10.3 Å². The Balaban J connectivity index is 1.79. The summed E-state index contributed by atoms with van der Waals surface area (Å²) < 4.78 is 14.8. The van der Waals surface area contributed by atoms with Crippen molar-refractivity contribution in [3.8, 4) is 0 Å². The summed E-state index contributed by atoms with van der Waals surface area (Å²) in [6, 6.07) is 9.37. The van der Waals surface area contributed by atoms with E-state index >= 15 is 0 Å². The number of nitro groups is 1. The van der Waals surface area contributed by atoms with Gasteiger partial charge in [-0.3, -0.25) is 14.9 Å². The zero-order valence-electron chi connectivity index (χ0n) is 13.3. The van der Waals surface area contributed by atoms with Gasteiger partial charge in [0, 0.05) is 28.8 Å². The van der Waals surface area contributed by atoms with E-state index < -0.39 is 4.92 Å². The molecule has 0 unspecified atom stereocenters. The van der Waals surface area contributed by atoms with Gasteiger partial charge >= 0.3 is 0 Å². The van der Waals surface area contributed by atoms with Crippen molar-refractivity contribution in [1.29, 1.82) is 0 Å². The number of carbonyl (C=O) groups excluding carboxylic acids is 1. The van der Waals surface area contributed by atoms with Gasteiger partial charge < -0.3 is 4.90 Å². The van der Waals surface area contributed by atoms with Crippen molar-refractivity contribution in [3.05, 3.63) is 68.3 Å². The smallest absolute Gasteiger partial charge is 0.271 e. The highest BCUT2D eigenvalue weighted by Crippen LogP contribution is 2.37. The molecule has 0 spiro atoms. The molecule has 1 aliphatic heterocycles. The van der Waals surface area contributed by atoms with Gasteiger partial charge in [-0.25, -0.2) is 4.39 Å². The molecular formula is C18H13FN2O3S. The maximum absolute atomic E-state index is 14.1. The SMILES string of the molecule is Cc1c(C(=O)N2CCc3ccc([N+](=O)[O-])cc32)sc2cccc(F)c12. The molecule has 126 valence electrons. The van der Waals surface area contributed by atoms with Gasteiger partial charge in [0.15, 0.2) is 0 Å². The van der Waals surface area contributed by atoms with Crippen LogP contribution < -0.4 is 4.90 Å². The van der Waals surface area contributed by atoms with Crippen LogP contribution in [0.4, 0.5) is 15.8 Å². The van der Waals surface area contributed by atoms with Gasteiger partial charge in [0.25, 0.3) is 11.6 Å². The van der Waals surface area contributed by atoms with Gasteiger partial charge in [-0.2, -0.15) is 0 Å². The second kappa shape index (κ2) is 5.63. The molecule has 1 amide bonds. The van der Waals surface area contributed by atoms with Crippen LogP contribution in [0.2, 0.25) is 0 Å². The number of nitro benzene ring substituents is 1. The quantitative estimate of drug-likeness (QED) is 0.503. The minimum atomic E-state index is -0.471. The van der Waals surface area contributed by atoms with Gasteiger partial charge in [0.05, 0.1) is 15.5 Å². The fourth-order valence-corrected chi connectivity index (χ4v) is 4.44. The Hall–Kier alpha value is -2.80. The van der Waals surface area contributed by atoms with E-state index in [1.165, 1.54) is 29.5 Å². The van der Waals surface area contributed by atoms with Gasteiger partial charge in [0.1, 0.15) is 5.82 Å². The van der Waals surface area contributed by atoms with Crippen LogP contribution in [0.5, 0.6) is 0 Å². The lowest BCUT2D eigenvalue weighted by atomic mass is 10.1. The molecule has 0 radical (unpaired) electrons. The molecule has 5 nitrogen and oxygen atoms in total. The number of anilines is 1. The number of aryl methyl sites for hydroxylation is 1. The van der Waals surface area contributed by atoms with Gasteiger partial charge in [-0.15, -0.1) is 11.3 Å². The summed E-state index contributed by atoms with van der Waals surface area (Å²) >= 11 is 1.25. The Morgan fingerprint density at radius 3 is 2.84 bits per heavy atom. The highest BCUT2D eigenvalue weighted by Gasteiger charge is 2.30. The number of thiophene rings is 1. The molecule has 1 aromatic heterocycles. The second-order valence-corrected chi connectivity index (χ2v) is 7.00. The van der Waals surface area contributed by atoms with Crippen molar-refractivity contribution in [3.63, 3.8) is 0 Å². The fourth-order valence-electron chi connectivity index (χ4n) is 3.27. The van der Waals surface area contributed by atoms with Crippen molar-refractivity contribution in [2.75, 3.05) is 11.4 Å². The first-order valence-corrected chi connectivity index (χ1v) is 8.56. The molecule has 0 bridgehead atoms. The molecule has 25 heavy (non-hydrogen) atoms. The van der Waals surface area contributed by atoms with Crippen molar-refractivity contribution >= 4 is 38.7 Å². The average Bonchev–Trinajstić information content (AvgIpc) is 3.16. The van der Waals surface area contributed by atoms with Crippen LogP contribution in [0, 0.1) is 22.9 Å². The van der Waals surface area contributed by atoms with Crippen LogP contribution in [0.3, 0.4) is 0 Å². The molecule has 1 aliphatic rings. The van der Waals surface area contributed by atoms with Gasteiger partial charge in [-0.1, -0.05) is 12.1 Å². The molecule has 7 heteroatoms. The number of hydrogen-bond acceptors (Lipinski definition) is 4. The number of amides is 1. The molecular weight excluding hydrogens is 343 g/mol. The van der Waals surface area contributed by atoms with Crippen LogP contribution in [-0.2, 0) is 6.42 Å². The Bertz CT molecular complexity index is 1040. The average molecular weight is 356 g/mol. The molecule has 0 aliphatic carbocycles. The van der Waals surface area contributed by atoms with E-state index in [2.05, 4.69) is 0 Å². The number of benzene rings is 2. The van der Waals surface area contributed by atoms with E-state index in [-0.39, 0.29) is 17.4 Å². The van der Waals surface area contributed by atoms with Crippen LogP contribution in [0.25, 0.3) is 10.1 Å². The minimum Gasteiger partial charge on any atom is -0.307 e. The van der Waals surface area contributed by atoms with Crippen LogP contribution >= 0.6 is 11.3 Å². The number of fused-ring (bicyclic) bond motifs is 2. The molecule has 0 atom stereocenters. The van der Waals surface area contributed by atoms with E-state index in [1.807, 2.05) is 0 Å². The molecule has 2 heterocycles. The van der Waals surface area contributed by atoms with Crippen LogP contribution in [0.15, 0.2) is 36.4 Å². The van der Waals surface area contributed by atoms with Crippen molar-refractivity contribution in [1.82, 2.24) is 0 Å². The zero-order valence-corrected chi connectivity index (χ0v) is 14.1. The first kappa shape index (κ1) is 15.7. The first-order chi connectivity index (χ1) is 12.0. The molecule has 2 aromatic carbocycles. The molecule has 0 N–H and O–H groups in total. The van der Waals surface area contributed by atoms with Crippen molar-refractivity contribution in [2.45, 2.75) is 13.3 Å². The van der Waals surface area contributed by atoms with Crippen LogP contribution in [0.1, 0.15) is 20.8 Å². The summed E-state index contributed by atoms with van der Waals surface area (Å²) in [6.07, 6.45) is 0.650. The molecule has 4 rings (SSSR count). The number of hydrogen-bond donors (Lipinski definition) is 0. The minimum absolute atomic E-state index is 0.0439. The molecule has 0 fully saturated rings. The highest BCUT2D eigenvalue weighted by molar-refractivity contribution is 7.21. The maximum atomic E-state index is 14.1. The Morgan fingerprint density at radius 1 is 1.32 bits per heavy atom. The number of carbonyl (C=O) groups is 1. The van der Waals surface area contributed by atoms with Crippen LogP contribution in [-0.4, -0.2) is 17.4 Å². The Labute approximate surface area is 146 Å². The predicted octanol–water partition coefficient (Wildman–Crippen LogP) is 4.46. The van der Waals surface area contributed by atoms with Gasteiger partial charge in [0.2, 0.25) is 0 Å². The highest BCUT2D eigenvalue weighted by atomic mass is 32.1. The Morgan fingerprint density at radius 2 is 2.12 bits per heavy atom. The number of non-ortho nitro benzene ring substituents is 1. The predicted molar refractivity (Wildman–Crippen MR) is 95.0 cm³/mol. The summed E-state index contributed by atoms with van der Waals surface area (Å²) in [5.74, 6) is -0.583. The summed E-state index contributed by atoms with van der Waals surface area (Å²) in [5, 5.41) is 11.5. The van der Waals surface area contributed by atoms with Crippen molar-refractivity contribution < 1.29 is 14.1 Å². The lowest BCUT2D eigenvalue weighted by molar-refractivity contribution is -0.384. The third-order valence-electron chi connectivity index (χ3n) is 4.52. The monoisotopic (exact) mass is 356 g/mol.